The first-order valence-corrected chi connectivity index (χ1v) is 4.71. The van der Waals surface area contributed by atoms with Crippen LogP contribution in [0.2, 0.25) is 0 Å². The third-order valence-electron chi connectivity index (χ3n) is 1.24. The van der Waals surface area contributed by atoms with E-state index in [0.717, 1.165) is 12.1 Å². The quantitative estimate of drug-likeness (QED) is 0.598. The number of anilines is 1. The second kappa shape index (κ2) is 3.28. The zero-order chi connectivity index (χ0) is 9.19. The number of nitrogens with one attached hydrogen (secondary N) is 1. The van der Waals surface area contributed by atoms with Gasteiger partial charge in [-0.15, -0.1) is 3.89 Å². The summed E-state index contributed by atoms with van der Waals surface area (Å²) in [6, 6.07) is 4.97. The molecule has 0 aliphatic heterocycles. The normalized spacial score (nSPS) is 11.2. The van der Waals surface area contributed by atoms with Crippen molar-refractivity contribution < 1.29 is 12.3 Å². The Morgan fingerprint density at radius 1 is 1.25 bits per heavy atom. The van der Waals surface area contributed by atoms with Crippen molar-refractivity contribution in [3.8, 4) is 0 Å². The van der Waals surface area contributed by atoms with E-state index in [-0.39, 0.29) is 4.90 Å². The summed E-state index contributed by atoms with van der Waals surface area (Å²) in [5.74, 6) is 0. The van der Waals surface area contributed by atoms with Crippen LogP contribution in [0, 0.1) is 0 Å². The second-order valence-electron chi connectivity index (χ2n) is 2.06. The molecule has 1 aromatic rings. The van der Waals surface area contributed by atoms with Crippen LogP contribution in [-0.4, -0.2) is 8.42 Å². The van der Waals surface area contributed by atoms with Gasteiger partial charge in [-0.2, -0.15) is 8.42 Å². The lowest BCUT2D eigenvalue weighted by Gasteiger charge is -1.97. The van der Waals surface area contributed by atoms with Crippen molar-refractivity contribution in [1.29, 1.82) is 0 Å². The van der Waals surface area contributed by atoms with Crippen molar-refractivity contribution in [3.05, 3.63) is 24.3 Å². The molecule has 0 aliphatic carbocycles. The molecule has 12 heavy (non-hydrogen) atoms. The van der Waals surface area contributed by atoms with E-state index >= 15 is 0 Å². The number of benzene rings is 1. The Labute approximate surface area is 74.5 Å². The Bertz CT molecular complexity index is 362. The van der Waals surface area contributed by atoms with Crippen LogP contribution >= 0.6 is 11.8 Å². The van der Waals surface area contributed by atoms with E-state index in [0.29, 0.717) is 5.69 Å². The summed E-state index contributed by atoms with van der Waals surface area (Å²) in [6.45, 7) is 0. The largest absolute Gasteiger partial charge is 0.332 e. The van der Waals surface area contributed by atoms with E-state index in [1.807, 2.05) is 0 Å². The fourth-order valence-electron chi connectivity index (χ4n) is 0.680. The first-order chi connectivity index (χ1) is 5.54. The summed E-state index contributed by atoms with van der Waals surface area (Å²) in [5.41, 5.74) is 0.504. The van der Waals surface area contributed by atoms with Gasteiger partial charge in [-0.25, -0.2) is 0 Å². The molecule has 0 saturated heterocycles. The Kier molecular flexibility index (Phi) is 2.54. The second-order valence-corrected chi connectivity index (χ2v) is 3.59. The van der Waals surface area contributed by atoms with Crippen LogP contribution in [0.25, 0.3) is 0 Å². The summed E-state index contributed by atoms with van der Waals surface area (Å²) in [7, 11) is -4.60. The molecule has 0 saturated carbocycles. The highest BCUT2D eigenvalue weighted by Gasteiger charge is 2.10. The molecule has 1 aromatic carbocycles. The Hall–Kier alpha value is -0.810. The van der Waals surface area contributed by atoms with Gasteiger partial charge in [-0.05, 0) is 24.3 Å². The van der Waals surface area contributed by atoms with Crippen LogP contribution < -0.4 is 4.84 Å². The van der Waals surface area contributed by atoms with Crippen LogP contribution in [0.4, 0.5) is 9.57 Å². The third-order valence-corrected chi connectivity index (χ3v) is 2.30. The Balaban J connectivity index is 3.09. The van der Waals surface area contributed by atoms with E-state index in [2.05, 4.69) is 4.84 Å². The van der Waals surface area contributed by atoms with Gasteiger partial charge in [-0.1, -0.05) is 0 Å². The average Bonchev–Trinajstić information content (AvgIpc) is 2.03. The predicted octanol–water partition coefficient (Wildman–Crippen LogP) is 1.91. The molecule has 0 aromatic heterocycles. The summed E-state index contributed by atoms with van der Waals surface area (Å²) in [4.78, 5) is 1.88. The van der Waals surface area contributed by atoms with Gasteiger partial charge in [0.1, 0.15) is 0 Å². The molecule has 0 amide bonds. The minimum atomic E-state index is -4.60. The van der Waals surface area contributed by atoms with Crippen LogP contribution in [0.3, 0.4) is 0 Å². The maximum absolute atomic E-state index is 12.3. The highest BCUT2D eigenvalue weighted by molar-refractivity contribution is 7.86. The lowest BCUT2D eigenvalue weighted by molar-refractivity contribution is 0.552. The highest BCUT2D eigenvalue weighted by atomic mass is 35.5. The van der Waals surface area contributed by atoms with Gasteiger partial charge >= 0.3 is 10.2 Å². The zero-order valence-electron chi connectivity index (χ0n) is 5.79. The number of hydrogen-bond donors (Lipinski definition) is 1. The molecule has 0 fully saturated rings. The molecule has 0 bridgehead atoms. The average molecular weight is 210 g/mol. The Morgan fingerprint density at radius 2 is 1.75 bits per heavy atom. The first-order valence-electron chi connectivity index (χ1n) is 2.95. The SMILES string of the molecule is O=S(=O)(F)c1ccc(NCl)cc1. The smallest absolute Gasteiger partial charge is 0.299 e. The van der Waals surface area contributed by atoms with Gasteiger partial charge in [0.05, 0.1) is 4.90 Å². The minimum Gasteiger partial charge on any atom is -0.299 e. The Morgan fingerprint density at radius 3 is 2.08 bits per heavy atom. The van der Waals surface area contributed by atoms with Crippen molar-refractivity contribution in [2.45, 2.75) is 4.90 Å². The van der Waals surface area contributed by atoms with Crippen molar-refractivity contribution in [2.75, 3.05) is 4.84 Å². The van der Waals surface area contributed by atoms with Crippen LogP contribution in [-0.2, 0) is 10.2 Å². The van der Waals surface area contributed by atoms with E-state index < -0.39 is 10.2 Å². The molecule has 0 unspecified atom stereocenters. The summed E-state index contributed by atoms with van der Waals surface area (Å²) >= 11 is 5.20. The number of rotatable bonds is 2. The van der Waals surface area contributed by atoms with Crippen molar-refractivity contribution in [3.63, 3.8) is 0 Å². The van der Waals surface area contributed by atoms with E-state index in [1.165, 1.54) is 12.1 Å². The summed E-state index contributed by atoms with van der Waals surface area (Å²) in [6.07, 6.45) is 0. The monoisotopic (exact) mass is 209 g/mol. The highest BCUT2D eigenvalue weighted by Crippen LogP contribution is 2.15. The van der Waals surface area contributed by atoms with Crippen molar-refractivity contribution >= 4 is 27.7 Å². The standard InChI is InChI=1S/C6H5ClFNO2S/c7-9-5-1-3-6(4-2-5)12(8,10)11/h1-4,9H. The molecule has 6 heteroatoms. The number of halogens is 2. The number of hydrogen-bond acceptors (Lipinski definition) is 3. The van der Waals surface area contributed by atoms with Crippen molar-refractivity contribution in [2.24, 2.45) is 0 Å². The molecule has 0 atom stereocenters. The molecule has 1 rings (SSSR count). The topological polar surface area (TPSA) is 46.2 Å². The maximum atomic E-state index is 12.3. The van der Waals surface area contributed by atoms with E-state index in [9.17, 15) is 12.3 Å². The third kappa shape index (κ3) is 2.09. The molecular weight excluding hydrogens is 205 g/mol. The molecule has 0 radical (unpaired) electrons. The van der Waals surface area contributed by atoms with Gasteiger partial charge < -0.3 is 0 Å². The van der Waals surface area contributed by atoms with Gasteiger partial charge in [0.2, 0.25) is 0 Å². The minimum absolute atomic E-state index is 0.377. The lowest BCUT2D eigenvalue weighted by atomic mass is 10.3. The maximum Gasteiger partial charge on any atom is 0.332 e. The predicted molar refractivity (Wildman–Crippen MR) is 44.2 cm³/mol. The van der Waals surface area contributed by atoms with Gasteiger partial charge in [0, 0.05) is 17.5 Å². The fraction of sp³-hybridized carbons (Fsp3) is 0. The molecular formula is C6H5ClFNO2S. The molecule has 66 valence electrons. The first kappa shape index (κ1) is 9.28. The van der Waals surface area contributed by atoms with Crippen LogP contribution in [0.5, 0.6) is 0 Å². The molecule has 0 heterocycles. The molecule has 3 nitrogen and oxygen atoms in total. The van der Waals surface area contributed by atoms with Gasteiger partial charge in [0.15, 0.2) is 0 Å². The van der Waals surface area contributed by atoms with Crippen LogP contribution in [0.1, 0.15) is 0 Å². The van der Waals surface area contributed by atoms with Crippen molar-refractivity contribution in [1.82, 2.24) is 0 Å². The summed E-state index contributed by atoms with van der Waals surface area (Å²) in [5, 5.41) is 0. The molecule has 1 N–H and O–H groups in total. The summed E-state index contributed by atoms with van der Waals surface area (Å²) < 4.78 is 32.9. The van der Waals surface area contributed by atoms with Gasteiger partial charge in [0.25, 0.3) is 0 Å². The molecule has 0 aliphatic rings. The fourth-order valence-corrected chi connectivity index (χ4v) is 1.27. The van der Waals surface area contributed by atoms with E-state index in [1.54, 1.807) is 0 Å². The zero-order valence-corrected chi connectivity index (χ0v) is 7.36. The van der Waals surface area contributed by atoms with Crippen LogP contribution in [0.15, 0.2) is 29.2 Å². The van der Waals surface area contributed by atoms with Gasteiger partial charge in [-0.3, -0.25) is 4.84 Å². The molecule has 0 spiro atoms. The lowest BCUT2D eigenvalue weighted by Crippen LogP contribution is -1.91. The van der Waals surface area contributed by atoms with E-state index in [4.69, 9.17) is 11.8 Å².